The zero-order chi connectivity index (χ0) is 15.3. The van der Waals surface area contributed by atoms with Crippen LogP contribution < -0.4 is 0 Å². The molecule has 4 aliphatic rings. The lowest BCUT2D eigenvalue weighted by Crippen LogP contribution is -2.33. The summed E-state index contributed by atoms with van der Waals surface area (Å²) in [5, 5.41) is 0. The summed E-state index contributed by atoms with van der Waals surface area (Å²) in [6.45, 7) is 5.55. The van der Waals surface area contributed by atoms with Gasteiger partial charge in [-0.15, -0.1) is 0 Å². The molecular weight excluding hydrogens is 272 g/mol. The minimum absolute atomic E-state index is 0.157. The van der Waals surface area contributed by atoms with Crippen molar-refractivity contribution in [2.24, 2.45) is 35.5 Å². The Hall–Kier alpha value is -0.790. The molecule has 4 aliphatic carbocycles. The summed E-state index contributed by atoms with van der Waals surface area (Å²) in [6.07, 6.45) is 12.5. The first-order chi connectivity index (χ1) is 10.6. The number of rotatable bonds is 5. The number of ether oxygens (including phenoxy) is 1. The van der Waals surface area contributed by atoms with E-state index in [0.29, 0.717) is 11.5 Å². The molecule has 4 fully saturated rings. The third-order valence-corrected chi connectivity index (χ3v) is 7.30. The number of carbonyl (C=O) groups is 1. The lowest BCUT2D eigenvalue weighted by molar-refractivity contribution is -0.149. The molecule has 4 rings (SSSR count). The van der Waals surface area contributed by atoms with E-state index in [-0.39, 0.29) is 12.1 Å². The van der Waals surface area contributed by atoms with Crippen LogP contribution in [-0.4, -0.2) is 12.1 Å². The van der Waals surface area contributed by atoms with Gasteiger partial charge in [-0.05, 0) is 87.4 Å². The summed E-state index contributed by atoms with van der Waals surface area (Å²) in [4.78, 5) is 12.1. The lowest BCUT2D eigenvalue weighted by atomic mass is 9.77. The summed E-state index contributed by atoms with van der Waals surface area (Å²) in [5.41, 5.74) is 0.557. The molecule has 0 aromatic heterocycles. The van der Waals surface area contributed by atoms with Crippen molar-refractivity contribution in [3.8, 4) is 0 Å². The molecule has 0 spiro atoms. The SMILES string of the molecule is C=C(C)C(=O)OC(CC1CC2CCC1C2)C1CC2CCC1C2. The number of hydrogen-bond donors (Lipinski definition) is 0. The Morgan fingerprint density at radius 2 is 1.73 bits per heavy atom. The molecule has 0 N–H and O–H groups in total. The third kappa shape index (κ3) is 2.63. The quantitative estimate of drug-likeness (QED) is 0.542. The van der Waals surface area contributed by atoms with Gasteiger partial charge < -0.3 is 4.74 Å². The minimum atomic E-state index is -0.157. The predicted octanol–water partition coefficient (Wildman–Crippen LogP) is 4.74. The van der Waals surface area contributed by atoms with Crippen molar-refractivity contribution >= 4 is 5.97 Å². The zero-order valence-electron chi connectivity index (χ0n) is 13.9. The molecule has 0 saturated heterocycles. The Morgan fingerprint density at radius 1 is 1.05 bits per heavy atom. The van der Waals surface area contributed by atoms with Crippen LogP contribution in [0.3, 0.4) is 0 Å². The number of carbonyl (C=O) groups excluding carboxylic acids is 1. The van der Waals surface area contributed by atoms with Crippen molar-refractivity contribution in [3.05, 3.63) is 12.2 Å². The average molecular weight is 302 g/mol. The fourth-order valence-electron chi connectivity index (χ4n) is 6.26. The highest BCUT2D eigenvalue weighted by Gasteiger charge is 2.47. The van der Waals surface area contributed by atoms with E-state index in [1.165, 1.54) is 51.4 Å². The molecule has 4 bridgehead atoms. The Balaban J connectivity index is 1.45. The fraction of sp³-hybridized carbons (Fsp3) is 0.850. The van der Waals surface area contributed by atoms with Gasteiger partial charge in [-0.1, -0.05) is 19.4 Å². The Morgan fingerprint density at radius 3 is 2.23 bits per heavy atom. The first-order valence-electron chi connectivity index (χ1n) is 9.46. The predicted molar refractivity (Wildman–Crippen MR) is 87.2 cm³/mol. The van der Waals surface area contributed by atoms with E-state index in [0.717, 1.165) is 36.0 Å². The van der Waals surface area contributed by atoms with Crippen molar-refractivity contribution < 1.29 is 9.53 Å². The van der Waals surface area contributed by atoms with Gasteiger partial charge in [-0.25, -0.2) is 4.79 Å². The van der Waals surface area contributed by atoms with Crippen LogP contribution in [0.5, 0.6) is 0 Å². The molecule has 0 heterocycles. The fourth-order valence-corrected chi connectivity index (χ4v) is 6.26. The topological polar surface area (TPSA) is 26.3 Å². The van der Waals surface area contributed by atoms with Gasteiger partial charge in [0.05, 0.1) is 0 Å². The molecule has 2 heteroatoms. The van der Waals surface area contributed by atoms with Crippen LogP contribution in [0.4, 0.5) is 0 Å². The Labute approximate surface area is 134 Å². The van der Waals surface area contributed by atoms with E-state index in [2.05, 4.69) is 6.58 Å². The molecule has 0 radical (unpaired) electrons. The van der Waals surface area contributed by atoms with Crippen molar-refractivity contribution in [3.63, 3.8) is 0 Å². The van der Waals surface area contributed by atoms with Gasteiger partial charge in [0.2, 0.25) is 0 Å². The number of fused-ring (bicyclic) bond motifs is 4. The van der Waals surface area contributed by atoms with Crippen LogP contribution in [0.15, 0.2) is 12.2 Å². The van der Waals surface area contributed by atoms with Gasteiger partial charge in [0, 0.05) is 5.57 Å². The third-order valence-electron chi connectivity index (χ3n) is 7.30. The minimum Gasteiger partial charge on any atom is -0.459 e. The monoisotopic (exact) mass is 302 g/mol. The van der Waals surface area contributed by atoms with Crippen LogP contribution >= 0.6 is 0 Å². The molecule has 0 aromatic carbocycles. The van der Waals surface area contributed by atoms with Crippen LogP contribution in [0.2, 0.25) is 0 Å². The van der Waals surface area contributed by atoms with Crippen molar-refractivity contribution in [1.29, 1.82) is 0 Å². The molecule has 22 heavy (non-hydrogen) atoms. The van der Waals surface area contributed by atoms with Crippen LogP contribution in [0, 0.1) is 35.5 Å². The smallest absolute Gasteiger partial charge is 0.333 e. The average Bonchev–Trinajstić information content (AvgIpc) is 3.26. The molecule has 2 nitrogen and oxygen atoms in total. The van der Waals surface area contributed by atoms with E-state index in [1.54, 1.807) is 6.92 Å². The maximum absolute atomic E-state index is 12.1. The van der Waals surface area contributed by atoms with Crippen LogP contribution in [-0.2, 0) is 9.53 Å². The molecule has 122 valence electrons. The normalized spacial score (nSPS) is 43.5. The Kier molecular flexibility index (Phi) is 3.82. The summed E-state index contributed by atoms with van der Waals surface area (Å²) < 4.78 is 5.98. The maximum Gasteiger partial charge on any atom is 0.333 e. The highest BCUT2D eigenvalue weighted by Crippen LogP contribution is 2.54. The van der Waals surface area contributed by atoms with Crippen molar-refractivity contribution in [2.45, 2.75) is 70.8 Å². The molecule has 0 aromatic rings. The first kappa shape index (κ1) is 14.8. The van der Waals surface area contributed by atoms with Gasteiger partial charge in [-0.3, -0.25) is 0 Å². The molecule has 7 atom stereocenters. The second-order valence-corrected chi connectivity index (χ2v) is 8.73. The standard InChI is InChI=1S/C20H30O2/c1-12(2)20(21)22-19(18-10-14-4-6-16(18)8-14)11-17-9-13-3-5-15(17)7-13/h13-19H,1,3-11H2,2H3. The summed E-state index contributed by atoms with van der Waals surface area (Å²) in [7, 11) is 0. The van der Waals surface area contributed by atoms with Gasteiger partial charge in [-0.2, -0.15) is 0 Å². The summed E-state index contributed by atoms with van der Waals surface area (Å²) in [5.74, 6) is 4.95. The molecular formula is C20H30O2. The van der Waals surface area contributed by atoms with Gasteiger partial charge in [0.25, 0.3) is 0 Å². The first-order valence-corrected chi connectivity index (χ1v) is 9.46. The van der Waals surface area contributed by atoms with Gasteiger partial charge in [0.15, 0.2) is 0 Å². The second-order valence-electron chi connectivity index (χ2n) is 8.73. The number of esters is 1. The van der Waals surface area contributed by atoms with E-state index >= 15 is 0 Å². The molecule has 4 saturated carbocycles. The van der Waals surface area contributed by atoms with Crippen LogP contribution in [0.1, 0.15) is 64.7 Å². The van der Waals surface area contributed by atoms with Crippen LogP contribution in [0.25, 0.3) is 0 Å². The van der Waals surface area contributed by atoms with Crippen molar-refractivity contribution in [2.75, 3.05) is 0 Å². The Bertz CT molecular complexity index is 468. The lowest BCUT2D eigenvalue weighted by Gasteiger charge is -2.34. The highest BCUT2D eigenvalue weighted by atomic mass is 16.5. The van der Waals surface area contributed by atoms with Gasteiger partial charge >= 0.3 is 5.97 Å². The molecule has 7 unspecified atom stereocenters. The van der Waals surface area contributed by atoms with Crippen molar-refractivity contribution in [1.82, 2.24) is 0 Å². The van der Waals surface area contributed by atoms with E-state index in [4.69, 9.17) is 4.74 Å². The van der Waals surface area contributed by atoms with E-state index < -0.39 is 0 Å². The highest BCUT2D eigenvalue weighted by molar-refractivity contribution is 5.87. The summed E-state index contributed by atoms with van der Waals surface area (Å²) in [6, 6.07) is 0. The maximum atomic E-state index is 12.1. The van der Waals surface area contributed by atoms with Gasteiger partial charge in [0.1, 0.15) is 6.10 Å². The second kappa shape index (κ2) is 5.69. The van der Waals surface area contributed by atoms with E-state index in [1.807, 2.05) is 0 Å². The largest absolute Gasteiger partial charge is 0.459 e. The summed E-state index contributed by atoms with van der Waals surface area (Å²) >= 11 is 0. The molecule has 0 aliphatic heterocycles. The van der Waals surface area contributed by atoms with E-state index in [9.17, 15) is 4.79 Å². The zero-order valence-corrected chi connectivity index (χ0v) is 13.9. The number of hydrogen-bond acceptors (Lipinski definition) is 2. The molecule has 0 amide bonds.